The highest BCUT2D eigenvalue weighted by molar-refractivity contribution is 5.58. The minimum absolute atomic E-state index is 0.190. The van der Waals surface area contributed by atoms with Crippen molar-refractivity contribution in [2.24, 2.45) is 0 Å². The number of para-hydroxylation sites is 1. The number of anilines is 4. The Kier molecular flexibility index (Phi) is 5.25. The SMILES string of the molecule is Cc1cc(N2CCN(c3ccccc3F)CC2)nc(Nc2cccc(C#N)c2)n1. The molecule has 1 aliphatic rings. The van der Waals surface area contributed by atoms with Gasteiger partial charge >= 0.3 is 0 Å². The van der Waals surface area contributed by atoms with Crippen molar-refractivity contribution in [3.63, 3.8) is 0 Å². The summed E-state index contributed by atoms with van der Waals surface area (Å²) in [6, 6.07) is 18.2. The third-order valence-corrected chi connectivity index (χ3v) is 4.89. The number of benzene rings is 2. The van der Waals surface area contributed by atoms with Crippen molar-refractivity contribution >= 4 is 23.1 Å². The normalized spacial score (nSPS) is 13.8. The molecule has 4 rings (SSSR count). The van der Waals surface area contributed by atoms with Crippen LogP contribution in [0.3, 0.4) is 0 Å². The highest BCUT2D eigenvalue weighted by Gasteiger charge is 2.21. The van der Waals surface area contributed by atoms with Crippen molar-refractivity contribution in [3.8, 4) is 6.07 Å². The lowest BCUT2D eigenvalue weighted by molar-refractivity contribution is 0.596. The standard InChI is InChI=1S/C22H21FN6/c1-16-13-21(27-22(25-16)26-18-6-4-5-17(14-18)15-24)29-11-9-28(10-12-29)20-8-3-2-7-19(20)23/h2-8,13-14H,9-12H2,1H3,(H,25,26,27). The molecule has 29 heavy (non-hydrogen) atoms. The van der Waals surface area contributed by atoms with Crippen LogP contribution in [0.5, 0.6) is 0 Å². The van der Waals surface area contributed by atoms with E-state index in [1.807, 2.05) is 37.3 Å². The van der Waals surface area contributed by atoms with Crippen LogP contribution in [0.25, 0.3) is 0 Å². The summed E-state index contributed by atoms with van der Waals surface area (Å²) >= 11 is 0. The van der Waals surface area contributed by atoms with Gasteiger partial charge in [0.2, 0.25) is 5.95 Å². The molecule has 7 heteroatoms. The number of nitrogens with zero attached hydrogens (tertiary/aromatic N) is 5. The summed E-state index contributed by atoms with van der Waals surface area (Å²) in [6.45, 7) is 4.86. The zero-order valence-corrected chi connectivity index (χ0v) is 16.1. The first-order valence-electron chi connectivity index (χ1n) is 9.50. The molecule has 0 unspecified atom stereocenters. The zero-order valence-electron chi connectivity index (χ0n) is 16.1. The van der Waals surface area contributed by atoms with Gasteiger partial charge in [0.15, 0.2) is 0 Å². The van der Waals surface area contributed by atoms with Crippen LogP contribution >= 0.6 is 0 Å². The first-order valence-corrected chi connectivity index (χ1v) is 9.50. The highest BCUT2D eigenvalue weighted by Crippen LogP contribution is 2.23. The Hall–Kier alpha value is -3.66. The molecular formula is C22H21FN6. The largest absolute Gasteiger partial charge is 0.366 e. The molecule has 1 N–H and O–H groups in total. The Balaban J connectivity index is 1.48. The molecule has 146 valence electrons. The van der Waals surface area contributed by atoms with Crippen LogP contribution in [0.15, 0.2) is 54.6 Å². The number of aryl methyl sites for hydroxylation is 1. The Labute approximate surface area is 169 Å². The first-order chi connectivity index (χ1) is 14.1. The third-order valence-electron chi connectivity index (χ3n) is 4.89. The molecule has 1 aliphatic heterocycles. The van der Waals surface area contributed by atoms with Gasteiger partial charge in [0.1, 0.15) is 11.6 Å². The van der Waals surface area contributed by atoms with E-state index < -0.39 is 0 Å². The van der Waals surface area contributed by atoms with Gasteiger partial charge in [0.05, 0.1) is 17.3 Å². The molecule has 6 nitrogen and oxygen atoms in total. The fourth-order valence-corrected chi connectivity index (χ4v) is 3.45. The summed E-state index contributed by atoms with van der Waals surface area (Å²) < 4.78 is 14.1. The number of aromatic nitrogens is 2. The lowest BCUT2D eigenvalue weighted by atomic mass is 10.2. The number of halogens is 1. The van der Waals surface area contributed by atoms with Gasteiger partial charge in [-0.3, -0.25) is 0 Å². The van der Waals surface area contributed by atoms with Crippen molar-refractivity contribution in [1.82, 2.24) is 9.97 Å². The van der Waals surface area contributed by atoms with Crippen molar-refractivity contribution in [1.29, 1.82) is 5.26 Å². The number of hydrogen-bond acceptors (Lipinski definition) is 6. The molecule has 2 heterocycles. The molecule has 0 aliphatic carbocycles. The molecule has 0 amide bonds. The second-order valence-corrected chi connectivity index (χ2v) is 6.93. The lowest BCUT2D eigenvalue weighted by Gasteiger charge is -2.37. The van der Waals surface area contributed by atoms with E-state index in [1.165, 1.54) is 6.07 Å². The van der Waals surface area contributed by atoms with Crippen molar-refractivity contribution in [2.75, 3.05) is 41.3 Å². The monoisotopic (exact) mass is 388 g/mol. The van der Waals surface area contributed by atoms with Gasteiger partial charge in [-0.1, -0.05) is 18.2 Å². The minimum atomic E-state index is -0.190. The maximum atomic E-state index is 14.1. The molecule has 0 radical (unpaired) electrons. The predicted octanol–water partition coefficient (Wildman–Crippen LogP) is 3.87. The van der Waals surface area contributed by atoms with Crippen LogP contribution in [-0.4, -0.2) is 36.1 Å². The number of hydrogen-bond donors (Lipinski definition) is 1. The average molecular weight is 388 g/mol. The Morgan fingerprint density at radius 1 is 0.966 bits per heavy atom. The molecule has 0 bridgehead atoms. The van der Waals surface area contributed by atoms with Crippen LogP contribution < -0.4 is 15.1 Å². The second-order valence-electron chi connectivity index (χ2n) is 6.93. The molecule has 0 atom stereocenters. The smallest absolute Gasteiger partial charge is 0.229 e. The van der Waals surface area contributed by atoms with Gasteiger partial charge in [-0.05, 0) is 37.3 Å². The van der Waals surface area contributed by atoms with E-state index in [0.29, 0.717) is 17.2 Å². The summed E-state index contributed by atoms with van der Waals surface area (Å²) in [6.07, 6.45) is 0. The van der Waals surface area contributed by atoms with E-state index >= 15 is 0 Å². The van der Waals surface area contributed by atoms with E-state index in [4.69, 9.17) is 5.26 Å². The molecule has 0 spiro atoms. The highest BCUT2D eigenvalue weighted by atomic mass is 19.1. The Morgan fingerprint density at radius 3 is 2.48 bits per heavy atom. The van der Waals surface area contributed by atoms with Crippen LogP contribution in [0, 0.1) is 24.1 Å². The van der Waals surface area contributed by atoms with Crippen molar-refractivity contribution < 1.29 is 4.39 Å². The quantitative estimate of drug-likeness (QED) is 0.732. The molecule has 2 aromatic carbocycles. The summed E-state index contributed by atoms with van der Waals surface area (Å²) in [5.41, 5.74) is 2.84. The number of piperazine rings is 1. The van der Waals surface area contributed by atoms with Crippen LogP contribution in [0.1, 0.15) is 11.3 Å². The topological polar surface area (TPSA) is 68.1 Å². The van der Waals surface area contributed by atoms with Crippen LogP contribution in [0.4, 0.5) is 27.5 Å². The van der Waals surface area contributed by atoms with Gasteiger partial charge in [-0.25, -0.2) is 9.37 Å². The third kappa shape index (κ3) is 4.27. The summed E-state index contributed by atoms with van der Waals surface area (Å²) in [4.78, 5) is 13.4. The van der Waals surface area contributed by atoms with E-state index in [0.717, 1.165) is 43.4 Å². The van der Waals surface area contributed by atoms with Gasteiger partial charge in [0, 0.05) is 43.6 Å². The van der Waals surface area contributed by atoms with Gasteiger partial charge < -0.3 is 15.1 Å². The fraction of sp³-hybridized carbons (Fsp3) is 0.227. The van der Waals surface area contributed by atoms with Crippen molar-refractivity contribution in [2.45, 2.75) is 6.92 Å². The predicted molar refractivity (Wildman–Crippen MR) is 112 cm³/mol. The van der Waals surface area contributed by atoms with Crippen LogP contribution in [-0.2, 0) is 0 Å². The second kappa shape index (κ2) is 8.15. The number of rotatable bonds is 4. The maximum absolute atomic E-state index is 14.1. The van der Waals surface area contributed by atoms with Gasteiger partial charge in [0.25, 0.3) is 0 Å². The molecule has 3 aromatic rings. The Morgan fingerprint density at radius 2 is 1.72 bits per heavy atom. The maximum Gasteiger partial charge on any atom is 0.229 e. The Bertz CT molecular complexity index is 1050. The van der Waals surface area contributed by atoms with E-state index in [9.17, 15) is 4.39 Å². The number of nitriles is 1. The van der Waals surface area contributed by atoms with Crippen molar-refractivity contribution in [3.05, 3.63) is 71.7 Å². The first kappa shape index (κ1) is 18.7. The van der Waals surface area contributed by atoms with Crippen LogP contribution in [0.2, 0.25) is 0 Å². The van der Waals surface area contributed by atoms with E-state index in [2.05, 4.69) is 31.2 Å². The summed E-state index contributed by atoms with van der Waals surface area (Å²) in [7, 11) is 0. The molecule has 1 saturated heterocycles. The molecule has 0 saturated carbocycles. The number of nitrogens with one attached hydrogen (secondary N) is 1. The fourth-order valence-electron chi connectivity index (χ4n) is 3.45. The average Bonchev–Trinajstić information content (AvgIpc) is 2.74. The molecule has 1 fully saturated rings. The summed E-state index contributed by atoms with van der Waals surface area (Å²) in [5, 5.41) is 12.2. The molecule has 1 aromatic heterocycles. The minimum Gasteiger partial charge on any atom is -0.366 e. The zero-order chi connectivity index (χ0) is 20.2. The van der Waals surface area contributed by atoms with E-state index in [-0.39, 0.29) is 5.82 Å². The summed E-state index contributed by atoms with van der Waals surface area (Å²) in [5.74, 6) is 1.14. The van der Waals surface area contributed by atoms with E-state index in [1.54, 1.807) is 18.2 Å². The van der Waals surface area contributed by atoms with Gasteiger partial charge in [-0.2, -0.15) is 10.2 Å². The molecular weight excluding hydrogens is 367 g/mol. The van der Waals surface area contributed by atoms with Gasteiger partial charge in [-0.15, -0.1) is 0 Å². The lowest BCUT2D eigenvalue weighted by Crippen LogP contribution is -2.47.